The van der Waals surface area contributed by atoms with Crippen LogP contribution in [-0.2, 0) is 32.4 Å². The van der Waals surface area contributed by atoms with Crippen LogP contribution in [0.25, 0.3) is 0 Å². The minimum absolute atomic E-state index is 0. The highest BCUT2D eigenvalue weighted by molar-refractivity contribution is 7.94. The second-order valence-corrected chi connectivity index (χ2v) is 10.9. The third-order valence-electron chi connectivity index (χ3n) is 5.96. The largest absolute Gasteiger partial charge is 0.445 e. The maximum Gasteiger partial charge on any atom is 0.408 e. The molecule has 0 saturated heterocycles. The second-order valence-electron chi connectivity index (χ2n) is 9.03. The number of nitrogens with two attached hydrogens (primary N) is 1. The first-order valence-electron chi connectivity index (χ1n) is 12.9. The molecule has 2 atom stereocenters. The van der Waals surface area contributed by atoms with Crippen LogP contribution in [-0.4, -0.2) is 39.0 Å². The fourth-order valence-corrected chi connectivity index (χ4v) is 4.95. The van der Waals surface area contributed by atoms with Gasteiger partial charge in [-0.2, -0.15) is 0 Å². The van der Waals surface area contributed by atoms with Gasteiger partial charge in [0.05, 0.1) is 4.90 Å². The molecule has 3 aromatic rings. The van der Waals surface area contributed by atoms with Gasteiger partial charge >= 0.3 is 6.09 Å². The Hall–Kier alpha value is -3.66. The van der Waals surface area contributed by atoms with Crippen LogP contribution < -0.4 is 16.4 Å². The summed E-state index contributed by atoms with van der Waals surface area (Å²) in [6.07, 6.45) is 2.88. The summed E-state index contributed by atoms with van der Waals surface area (Å²) in [6, 6.07) is 25.1. The van der Waals surface area contributed by atoms with E-state index in [1.165, 1.54) is 18.2 Å². The third-order valence-corrected chi connectivity index (χ3v) is 7.41. The number of unbranched alkanes of at least 4 members (excludes halogenated alkanes) is 1. The van der Waals surface area contributed by atoms with Crippen LogP contribution in [0.2, 0.25) is 0 Å². The predicted molar refractivity (Wildman–Crippen MR) is 159 cm³/mol. The molecule has 4 N–H and O–H groups in total. The van der Waals surface area contributed by atoms with E-state index in [1.54, 1.807) is 18.2 Å². The maximum absolute atomic E-state index is 13.4. The molecule has 0 unspecified atom stereocenters. The van der Waals surface area contributed by atoms with Crippen LogP contribution >= 0.6 is 12.4 Å². The van der Waals surface area contributed by atoms with Crippen molar-refractivity contribution >= 4 is 34.2 Å². The van der Waals surface area contributed by atoms with Crippen LogP contribution in [0.1, 0.15) is 30.4 Å². The fourth-order valence-electron chi connectivity index (χ4n) is 3.86. The Morgan fingerprint density at radius 1 is 0.825 bits per heavy atom. The van der Waals surface area contributed by atoms with Gasteiger partial charge in [0, 0.05) is 17.9 Å². The summed E-state index contributed by atoms with van der Waals surface area (Å²) >= 11 is 0. The Kier molecular flexibility index (Phi) is 13.9. The zero-order valence-electron chi connectivity index (χ0n) is 22.1. The van der Waals surface area contributed by atoms with E-state index in [0.29, 0.717) is 19.4 Å². The van der Waals surface area contributed by atoms with Crippen LogP contribution in [0.5, 0.6) is 0 Å². The van der Waals surface area contributed by atoms with E-state index in [-0.39, 0.29) is 30.3 Å². The number of hydrogen-bond donors (Lipinski definition) is 3. The average Bonchev–Trinajstić information content (AvgIpc) is 2.96. The van der Waals surface area contributed by atoms with Crippen molar-refractivity contribution in [3.8, 4) is 0 Å². The lowest BCUT2D eigenvalue weighted by atomic mass is 10.0. The van der Waals surface area contributed by atoms with Crippen molar-refractivity contribution in [3.05, 3.63) is 114 Å². The van der Waals surface area contributed by atoms with Crippen LogP contribution in [0.3, 0.4) is 0 Å². The van der Waals surface area contributed by atoms with Crippen molar-refractivity contribution in [3.63, 3.8) is 0 Å². The summed E-state index contributed by atoms with van der Waals surface area (Å²) in [5, 5.41) is 6.68. The van der Waals surface area contributed by atoms with Gasteiger partial charge in [-0.1, -0.05) is 84.9 Å². The van der Waals surface area contributed by atoms with Crippen LogP contribution in [0.15, 0.2) is 107 Å². The van der Waals surface area contributed by atoms with Crippen molar-refractivity contribution in [2.24, 2.45) is 5.73 Å². The molecule has 0 heterocycles. The van der Waals surface area contributed by atoms with Crippen molar-refractivity contribution < 1.29 is 22.7 Å². The standard InChI is InChI=1S/C30H35N3O5S.ClH/c31-20-11-10-16-26(19-21-39(36,37)27-17-8-3-9-18-27)32-29(34)28(22-24-12-4-1-5-13-24)33-30(35)38-23-25-14-6-2-7-15-25;/h1-9,12-15,17-19,21,26,28H,10-11,16,20,22-23,31H2,(H,32,34)(H,33,35);1H/b21-19+;/t26-,28-;/m0./s1. The molecule has 2 amide bonds. The lowest BCUT2D eigenvalue weighted by Crippen LogP contribution is -2.50. The van der Waals surface area contributed by atoms with Gasteiger partial charge in [-0.25, -0.2) is 13.2 Å². The topological polar surface area (TPSA) is 128 Å². The van der Waals surface area contributed by atoms with Crippen molar-refractivity contribution in [2.75, 3.05) is 6.54 Å². The van der Waals surface area contributed by atoms with Gasteiger partial charge < -0.3 is 21.1 Å². The Morgan fingerprint density at radius 3 is 2.00 bits per heavy atom. The molecule has 0 radical (unpaired) electrons. The van der Waals surface area contributed by atoms with E-state index in [1.807, 2.05) is 60.7 Å². The summed E-state index contributed by atoms with van der Waals surface area (Å²) in [6.45, 7) is 0.548. The van der Waals surface area contributed by atoms with E-state index in [2.05, 4.69) is 10.6 Å². The van der Waals surface area contributed by atoms with Crippen molar-refractivity contribution in [2.45, 2.75) is 49.3 Å². The van der Waals surface area contributed by atoms with Crippen LogP contribution in [0.4, 0.5) is 4.79 Å². The first kappa shape index (κ1) is 32.6. The first-order valence-corrected chi connectivity index (χ1v) is 14.4. The normalized spacial score (nSPS) is 12.6. The van der Waals surface area contributed by atoms with Gasteiger partial charge in [-0.15, -0.1) is 12.4 Å². The lowest BCUT2D eigenvalue weighted by molar-refractivity contribution is -0.123. The Balaban J connectivity index is 0.00000560. The molecule has 3 aromatic carbocycles. The minimum atomic E-state index is -3.69. The van der Waals surface area contributed by atoms with E-state index < -0.39 is 33.9 Å². The van der Waals surface area contributed by atoms with E-state index in [0.717, 1.165) is 23.0 Å². The molecule has 10 heteroatoms. The van der Waals surface area contributed by atoms with E-state index >= 15 is 0 Å². The monoisotopic (exact) mass is 585 g/mol. The third kappa shape index (κ3) is 11.2. The van der Waals surface area contributed by atoms with Gasteiger partial charge in [-0.3, -0.25) is 4.79 Å². The van der Waals surface area contributed by atoms with Gasteiger partial charge in [0.15, 0.2) is 9.84 Å². The SMILES string of the molecule is Cl.NCCCC[C@@H](/C=C/S(=O)(=O)c1ccccc1)NC(=O)[C@H](Cc1ccccc1)NC(=O)OCc1ccccc1. The zero-order valence-corrected chi connectivity index (χ0v) is 23.8. The smallest absolute Gasteiger partial charge is 0.408 e. The molecule has 0 saturated carbocycles. The minimum Gasteiger partial charge on any atom is -0.445 e. The van der Waals surface area contributed by atoms with E-state index in [4.69, 9.17) is 10.5 Å². The number of benzene rings is 3. The molecule has 214 valence electrons. The number of halogens is 1. The summed E-state index contributed by atoms with van der Waals surface area (Å²) in [4.78, 5) is 26.2. The highest BCUT2D eigenvalue weighted by Gasteiger charge is 2.24. The lowest BCUT2D eigenvalue weighted by Gasteiger charge is -2.22. The maximum atomic E-state index is 13.4. The quantitative estimate of drug-likeness (QED) is 0.238. The molecule has 0 aliphatic carbocycles. The number of rotatable bonds is 14. The summed E-state index contributed by atoms with van der Waals surface area (Å²) in [5.74, 6) is -0.449. The first-order chi connectivity index (χ1) is 18.9. The molecule has 0 fully saturated rings. The number of nitrogens with one attached hydrogen (secondary N) is 2. The highest BCUT2D eigenvalue weighted by Crippen LogP contribution is 2.13. The second kappa shape index (κ2) is 17.1. The highest BCUT2D eigenvalue weighted by atomic mass is 35.5. The molecule has 0 aliphatic heterocycles. The number of amides is 2. The molecule has 3 rings (SSSR count). The van der Waals surface area contributed by atoms with Crippen molar-refractivity contribution in [1.82, 2.24) is 10.6 Å². The van der Waals surface area contributed by atoms with Gasteiger partial charge in [0.1, 0.15) is 12.6 Å². The summed E-state index contributed by atoms with van der Waals surface area (Å²) in [5.41, 5.74) is 7.30. The Bertz CT molecular complexity index is 1310. The number of ether oxygens (including phenoxy) is 1. The molecular weight excluding hydrogens is 550 g/mol. The number of sulfone groups is 1. The van der Waals surface area contributed by atoms with Gasteiger partial charge in [-0.05, 0) is 49.1 Å². The Morgan fingerprint density at radius 2 is 1.40 bits per heavy atom. The summed E-state index contributed by atoms with van der Waals surface area (Å²) in [7, 11) is -3.69. The molecule has 0 bridgehead atoms. The number of hydrogen-bond acceptors (Lipinski definition) is 6. The van der Waals surface area contributed by atoms with Crippen molar-refractivity contribution in [1.29, 1.82) is 0 Å². The summed E-state index contributed by atoms with van der Waals surface area (Å²) < 4.78 is 30.9. The molecular formula is C30H36ClN3O5S. The van der Waals surface area contributed by atoms with Gasteiger partial charge in [0.25, 0.3) is 0 Å². The number of carbonyl (C=O) groups excluding carboxylic acids is 2. The predicted octanol–water partition coefficient (Wildman–Crippen LogP) is 4.55. The molecule has 40 heavy (non-hydrogen) atoms. The zero-order chi connectivity index (χ0) is 27.9. The number of carbonyl (C=O) groups is 2. The molecule has 8 nitrogen and oxygen atoms in total. The number of alkyl carbamates (subject to hydrolysis) is 1. The fraction of sp³-hybridized carbons (Fsp3) is 0.267. The molecule has 0 spiro atoms. The van der Waals surface area contributed by atoms with Crippen LogP contribution in [0, 0.1) is 0 Å². The molecule has 0 aliphatic rings. The Labute approximate surface area is 242 Å². The average molecular weight is 586 g/mol. The molecule has 0 aromatic heterocycles. The van der Waals surface area contributed by atoms with Gasteiger partial charge in [0.2, 0.25) is 5.91 Å². The van der Waals surface area contributed by atoms with E-state index in [9.17, 15) is 18.0 Å².